The lowest BCUT2D eigenvalue weighted by Gasteiger charge is -2.30. The minimum atomic E-state index is -0.270. The average molecular weight is 243 g/mol. The topological polar surface area (TPSA) is 38.7 Å². The zero-order valence-electron chi connectivity index (χ0n) is 11.7. The van der Waals surface area contributed by atoms with Crippen LogP contribution in [0, 0.1) is 0 Å². The van der Waals surface area contributed by atoms with Gasteiger partial charge >= 0.3 is 0 Å². The summed E-state index contributed by atoms with van der Waals surface area (Å²) in [5, 5.41) is 13.2. The molecule has 0 aromatic carbocycles. The van der Waals surface area contributed by atoms with Crippen molar-refractivity contribution >= 4 is 0 Å². The molecule has 4 nitrogen and oxygen atoms in total. The highest BCUT2D eigenvalue weighted by molar-refractivity contribution is 4.73. The molecule has 0 spiro atoms. The first-order valence-electron chi connectivity index (χ1n) is 6.86. The Hall–Kier alpha value is -0.160. The monoisotopic (exact) mass is 243 g/mol. The van der Waals surface area contributed by atoms with Crippen LogP contribution in [0.4, 0.5) is 0 Å². The lowest BCUT2D eigenvalue weighted by molar-refractivity contribution is 0.127. The smallest absolute Gasteiger partial charge is 0.0791 e. The number of likely N-dealkylation sites (N-methyl/N-ethyl adjacent to an activating group) is 1. The summed E-state index contributed by atoms with van der Waals surface area (Å²) in [6.45, 7) is 7.21. The van der Waals surface area contributed by atoms with Crippen LogP contribution in [0.25, 0.3) is 0 Å². The predicted molar refractivity (Wildman–Crippen MR) is 72.3 cm³/mol. The number of likely N-dealkylation sites (tertiary alicyclic amines) is 1. The van der Waals surface area contributed by atoms with Gasteiger partial charge in [0.2, 0.25) is 0 Å². The summed E-state index contributed by atoms with van der Waals surface area (Å²) in [6.07, 6.45) is 3.81. The van der Waals surface area contributed by atoms with E-state index in [0.717, 1.165) is 13.1 Å². The molecule has 2 atom stereocenters. The van der Waals surface area contributed by atoms with E-state index >= 15 is 0 Å². The third-order valence-corrected chi connectivity index (χ3v) is 3.26. The molecule has 0 saturated carbocycles. The molecule has 2 unspecified atom stereocenters. The zero-order chi connectivity index (χ0) is 12.7. The van der Waals surface area contributed by atoms with Gasteiger partial charge < -0.3 is 20.2 Å². The van der Waals surface area contributed by atoms with Crippen LogP contribution in [0.5, 0.6) is 0 Å². The zero-order valence-corrected chi connectivity index (χ0v) is 11.7. The highest BCUT2D eigenvalue weighted by Gasteiger charge is 2.14. The Morgan fingerprint density at radius 2 is 1.88 bits per heavy atom. The van der Waals surface area contributed by atoms with Gasteiger partial charge in [-0.2, -0.15) is 0 Å². The number of nitrogens with zero attached hydrogens (tertiary/aromatic N) is 2. The predicted octanol–water partition coefficient (Wildman–Crippen LogP) is 0.373. The third-order valence-electron chi connectivity index (χ3n) is 3.26. The van der Waals surface area contributed by atoms with Gasteiger partial charge in [0, 0.05) is 25.7 Å². The Kier molecular flexibility index (Phi) is 7.04. The lowest BCUT2D eigenvalue weighted by Crippen LogP contribution is -2.45. The summed E-state index contributed by atoms with van der Waals surface area (Å²) >= 11 is 0. The molecule has 102 valence electrons. The van der Waals surface area contributed by atoms with Crippen LogP contribution < -0.4 is 5.32 Å². The number of hydrogen-bond donors (Lipinski definition) is 2. The molecule has 0 bridgehead atoms. The molecular formula is C13H29N3O. The quantitative estimate of drug-likeness (QED) is 0.678. The summed E-state index contributed by atoms with van der Waals surface area (Å²) in [7, 11) is 3.97. The fraction of sp³-hybridized carbons (Fsp3) is 1.00. The van der Waals surface area contributed by atoms with Crippen molar-refractivity contribution in [1.82, 2.24) is 15.1 Å². The molecule has 1 aliphatic rings. The van der Waals surface area contributed by atoms with Crippen molar-refractivity contribution in [3.63, 3.8) is 0 Å². The van der Waals surface area contributed by atoms with Gasteiger partial charge in [0.25, 0.3) is 0 Å². The van der Waals surface area contributed by atoms with Crippen LogP contribution in [0.1, 0.15) is 26.2 Å². The maximum atomic E-state index is 9.76. The van der Waals surface area contributed by atoms with Gasteiger partial charge in [0.05, 0.1) is 6.10 Å². The van der Waals surface area contributed by atoms with Crippen molar-refractivity contribution in [2.24, 2.45) is 0 Å². The van der Waals surface area contributed by atoms with Crippen LogP contribution >= 0.6 is 0 Å². The fourth-order valence-corrected chi connectivity index (χ4v) is 2.42. The maximum absolute atomic E-state index is 9.76. The van der Waals surface area contributed by atoms with Crippen molar-refractivity contribution in [3.05, 3.63) is 0 Å². The van der Waals surface area contributed by atoms with Gasteiger partial charge in [-0.15, -0.1) is 0 Å². The van der Waals surface area contributed by atoms with Gasteiger partial charge in [-0.3, -0.25) is 0 Å². The molecule has 0 aromatic heterocycles. The van der Waals surface area contributed by atoms with E-state index in [2.05, 4.69) is 17.1 Å². The number of aliphatic hydroxyl groups is 1. The second-order valence-electron chi connectivity index (χ2n) is 5.59. The number of rotatable bonds is 7. The summed E-state index contributed by atoms with van der Waals surface area (Å²) in [4.78, 5) is 4.54. The minimum absolute atomic E-state index is 0.270. The molecule has 1 aliphatic heterocycles. The maximum Gasteiger partial charge on any atom is 0.0791 e. The first kappa shape index (κ1) is 14.9. The van der Waals surface area contributed by atoms with E-state index in [1.165, 1.54) is 32.4 Å². The first-order valence-corrected chi connectivity index (χ1v) is 6.86. The summed E-state index contributed by atoms with van der Waals surface area (Å²) in [6, 6.07) is 0.463. The molecule has 0 radical (unpaired) electrons. The van der Waals surface area contributed by atoms with Crippen molar-refractivity contribution in [3.8, 4) is 0 Å². The number of nitrogens with one attached hydrogen (secondary N) is 1. The second kappa shape index (κ2) is 8.03. The van der Waals surface area contributed by atoms with Gasteiger partial charge in [-0.25, -0.2) is 0 Å². The van der Waals surface area contributed by atoms with Crippen LogP contribution in [0.3, 0.4) is 0 Å². The van der Waals surface area contributed by atoms with Gasteiger partial charge in [0.15, 0.2) is 0 Å². The van der Waals surface area contributed by atoms with Gasteiger partial charge in [-0.1, -0.05) is 6.42 Å². The highest BCUT2D eigenvalue weighted by Crippen LogP contribution is 2.08. The molecule has 2 N–H and O–H groups in total. The molecule has 1 fully saturated rings. The van der Waals surface area contributed by atoms with E-state index in [4.69, 9.17) is 0 Å². The minimum Gasteiger partial charge on any atom is -0.390 e. The largest absolute Gasteiger partial charge is 0.390 e. The Morgan fingerprint density at radius 3 is 2.47 bits per heavy atom. The standard InChI is InChI=1S/C13H29N3O/c1-12(10-16-7-5-4-6-8-16)14-9-13(17)11-15(2)3/h12-14,17H,4-11H2,1-3H3. The van der Waals surface area contributed by atoms with E-state index in [1.807, 2.05) is 19.0 Å². The van der Waals surface area contributed by atoms with E-state index < -0.39 is 0 Å². The summed E-state index contributed by atoms with van der Waals surface area (Å²) in [5.41, 5.74) is 0. The molecule has 0 amide bonds. The fourth-order valence-electron chi connectivity index (χ4n) is 2.42. The van der Waals surface area contributed by atoms with Crippen molar-refractivity contribution in [2.45, 2.75) is 38.3 Å². The molecule has 4 heteroatoms. The van der Waals surface area contributed by atoms with Crippen LogP contribution in [0.15, 0.2) is 0 Å². The molecule has 0 aliphatic carbocycles. The van der Waals surface area contributed by atoms with Crippen molar-refractivity contribution < 1.29 is 5.11 Å². The van der Waals surface area contributed by atoms with Crippen LogP contribution in [-0.4, -0.2) is 73.9 Å². The van der Waals surface area contributed by atoms with Crippen molar-refractivity contribution in [1.29, 1.82) is 0 Å². The first-order chi connectivity index (χ1) is 8.08. The highest BCUT2D eigenvalue weighted by atomic mass is 16.3. The van der Waals surface area contributed by atoms with E-state index in [0.29, 0.717) is 12.6 Å². The third kappa shape index (κ3) is 6.99. The Bertz CT molecular complexity index is 193. The Balaban J connectivity index is 2.09. The molecule has 1 rings (SSSR count). The number of aliphatic hydroxyl groups excluding tert-OH is 1. The Morgan fingerprint density at radius 1 is 1.24 bits per heavy atom. The van der Waals surface area contributed by atoms with Gasteiger partial charge in [-0.05, 0) is 47.0 Å². The van der Waals surface area contributed by atoms with Crippen molar-refractivity contribution in [2.75, 3.05) is 46.8 Å². The van der Waals surface area contributed by atoms with Gasteiger partial charge in [0.1, 0.15) is 0 Å². The average Bonchev–Trinajstić information content (AvgIpc) is 2.27. The molecule has 1 heterocycles. The van der Waals surface area contributed by atoms with E-state index in [-0.39, 0.29) is 6.10 Å². The second-order valence-corrected chi connectivity index (χ2v) is 5.59. The number of piperidine rings is 1. The SMILES string of the molecule is CC(CN1CCCCC1)NCC(O)CN(C)C. The molecular weight excluding hydrogens is 214 g/mol. The van der Waals surface area contributed by atoms with E-state index in [9.17, 15) is 5.11 Å². The Labute approximate surface area is 106 Å². The molecule has 17 heavy (non-hydrogen) atoms. The van der Waals surface area contributed by atoms with Crippen LogP contribution in [0.2, 0.25) is 0 Å². The normalized spacial score (nSPS) is 21.7. The molecule has 1 saturated heterocycles. The van der Waals surface area contributed by atoms with Crippen LogP contribution in [-0.2, 0) is 0 Å². The summed E-state index contributed by atoms with van der Waals surface area (Å²) < 4.78 is 0. The lowest BCUT2D eigenvalue weighted by atomic mass is 10.1. The summed E-state index contributed by atoms with van der Waals surface area (Å²) in [5.74, 6) is 0. The molecule has 0 aromatic rings. The number of hydrogen-bond acceptors (Lipinski definition) is 4. The van der Waals surface area contributed by atoms with E-state index in [1.54, 1.807) is 0 Å².